The van der Waals surface area contributed by atoms with Gasteiger partial charge in [-0.1, -0.05) is 30.3 Å². The average Bonchev–Trinajstić information content (AvgIpc) is 2.96. The molecule has 1 aliphatic heterocycles. The van der Waals surface area contributed by atoms with E-state index in [9.17, 15) is 10.2 Å². The second-order valence-electron chi connectivity index (χ2n) is 5.46. The van der Waals surface area contributed by atoms with Crippen LogP contribution in [0, 0.1) is 11.8 Å². The molecule has 0 spiro atoms. The predicted octanol–water partition coefficient (Wildman–Crippen LogP) is 1.83. The maximum atomic E-state index is 9.97. The van der Waals surface area contributed by atoms with Crippen molar-refractivity contribution in [3.8, 4) is 0 Å². The van der Waals surface area contributed by atoms with Crippen molar-refractivity contribution in [2.75, 3.05) is 6.61 Å². The number of hydrogen-bond acceptors (Lipinski definition) is 4. The molecule has 104 valence electrons. The largest absolute Gasteiger partial charge is 0.368 e. The SMILES string of the molecule is OC1CC2C(COC(O)c3ccccc3)CCC2O1. The maximum absolute atomic E-state index is 9.97. The number of aliphatic hydroxyl groups is 2. The third-order valence-electron chi connectivity index (χ3n) is 4.26. The Morgan fingerprint density at radius 1 is 1.26 bits per heavy atom. The van der Waals surface area contributed by atoms with Gasteiger partial charge in [-0.05, 0) is 24.7 Å². The Balaban J connectivity index is 1.53. The van der Waals surface area contributed by atoms with Crippen molar-refractivity contribution >= 4 is 0 Å². The van der Waals surface area contributed by atoms with Crippen molar-refractivity contribution in [3.05, 3.63) is 35.9 Å². The van der Waals surface area contributed by atoms with Gasteiger partial charge < -0.3 is 19.7 Å². The van der Waals surface area contributed by atoms with Gasteiger partial charge in [-0.3, -0.25) is 0 Å². The summed E-state index contributed by atoms with van der Waals surface area (Å²) >= 11 is 0. The molecule has 19 heavy (non-hydrogen) atoms. The quantitative estimate of drug-likeness (QED) is 0.815. The Labute approximate surface area is 113 Å². The van der Waals surface area contributed by atoms with Crippen molar-refractivity contribution in [3.63, 3.8) is 0 Å². The van der Waals surface area contributed by atoms with E-state index in [1.165, 1.54) is 0 Å². The molecule has 0 aromatic heterocycles. The topological polar surface area (TPSA) is 58.9 Å². The van der Waals surface area contributed by atoms with Gasteiger partial charge in [0.25, 0.3) is 0 Å². The van der Waals surface area contributed by atoms with Crippen molar-refractivity contribution in [1.82, 2.24) is 0 Å². The van der Waals surface area contributed by atoms with Crippen LogP contribution in [0.25, 0.3) is 0 Å². The molecule has 1 saturated heterocycles. The van der Waals surface area contributed by atoms with E-state index in [0.717, 1.165) is 18.4 Å². The fourth-order valence-electron chi connectivity index (χ4n) is 3.25. The van der Waals surface area contributed by atoms with E-state index in [4.69, 9.17) is 9.47 Å². The number of fused-ring (bicyclic) bond motifs is 1. The summed E-state index contributed by atoms with van der Waals surface area (Å²) < 4.78 is 11.0. The van der Waals surface area contributed by atoms with Crippen molar-refractivity contribution in [2.45, 2.75) is 37.9 Å². The van der Waals surface area contributed by atoms with Crippen LogP contribution in [-0.4, -0.2) is 29.2 Å². The standard InChI is InChI=1S/C15H20O4/c16-14-8-12-11(6-7-13(12)19-14)9-18-15(17)10-4-2-1-3-5-10/h1-5,11-17H,6-9H2. The lowest BCUT2D eigenvalue weighted by molar-refractivity contribution is -0.116. The second kappa shape index (κ2) is 5.59. The zero-order chi connectivity index (χ0) is 13.2. The summed E-state index contributed by atoms with van der Waals surface area (Å²) in [5.74, 6) is 0.749. The number of hydrogen-bond donors (Lipinski definition) is 2. The van der Waals surface area contributed by atoms with Crippen LogP contribution < -0.4 is 0 Å². The normalized spacial score (nSPS) is 35.3. The molecular formula is C15H20O4. The van der Waals surface area contributed by atoms with Crippen LogP contribution in [0.15, 0.2) is 30.3 Å². The van der Waals surface area contributed by atoms with Gasteiger partial charge >= 0.3 is 0 Å². The first-order valence-electron chi connectivity index (χ1n) is 6.92. The summed E-state index contributed by atoms with van der Waals surface area (Å²) in [4.78, 5) is 0. The molecule has 0 amide bonds. The predicted molar refractivity (Wildman–Crippen MR) is 69.1 cm³/mol. The Kier molecular flexibility index (Phi) is 3.84. The molecule has 1 aliphatic carbocycles. The zero-order valence-corrected chi connectivity index (χ0v) is 10.8. The molecule has 2 N–H and O–H groups in total. The highest BCUT2D eigenvalue weighted by Gasteiger charge is 2.44. The maximum Gasteiger partial charge on any atom is 0.181 e. The monoisotopic (exact) mass is 264 g/mol. The Morgan fingerprint density at radius 3 is 2.84 bits per heavy atom. The van der Waals surface area contributed by atoms with Crippen molar-refractivity contribution < 1.29 is 19.7 Å². The van der Waals surface area contributed by atoms with E-state index in [1.807, 2.05) is 30.3 Å². The lowest BCUT2D eigenvalue weighted by Crippen LogP contribution is -2.19. The highest BCUT2D eigenvalue weighted by molar-refractivity contribution is 5.15. The molecule has 1 aromatic rings. The minimum absolute atomic E-state index is 0.178. The minimum Gasteiger partial charge on any atom is -0.368 e. The molecule has 1 saturated carbocycles. The first-order chi connectivity index (χ1) is 9.24. The molecule has 5 unspecified atom stereocenters. The van der Waals surface area contributed by atoms with Crippen LogP contribution >= 0.6 is 0 Å². The van der Waals surface area contributed by atoms with E-state index in [-0.39, 0.29) is 6.10 Å². The molecule has 1 aromatic carbocycles. The molecule has 4 nitrogen and oxygen atoms in total. The number of rotatable bonds is 4. The van der Waals surface area contributed by atoms with Crippen LogP contribution in [0.3, 0.4) is 0 Å². The third-order valence-corrected chi connectivity index (χ3v) is 4.26. The molecule has 3 rings (SSSR count). The van der Waals surface area contributed by atoms with Crippen LogP contribution in [0.2, 0.25) is 0 Å². The van der Waals surface area contributed by atoms with Gasteiger partial charge in [-0.25, -0.2) is 0 Å². The second-order valence-corrected chi connectivity index (χ2v) is 5.46. The lowest BCUT2D eigenvalue weighted by Gasteiger charge is -2.19. The molecule has 2 aliphatic rings. The summed E-state index contributed by atoms with van der Waals surface area (Å²) in [6.07, 6.45) is 1.42. The van der Waals surface area contributed by atoms with E-state index >= 15 is 0 Å². The van der Waals surface area contributed by atoms with Gasteiger partial charge in [-0.15, -0.1) is 0 Å². The molecule has 0 radical (unpaired) electrons. The molecule has 0 bridgehead atoms. The number of benzene rings is 1. The van der Waals surface area contributed by atoms with E-state index < -0.39 is 12.6 Å². The van der Waals surface area contributed by atoms with Gasteiger partial charge in [-0.2, -0.15) is 0 Å². The van der Waals surface area contributed by atoms with Crippen molar-refractivity contribution in [2.24, 2.45) is 11.8 Å². The number of aliphatic hydroxyl groups excluding tert-OH is 2. The number of ether oxygens (including phenoxy) is 2. The van der Waals surface area contributed by atoms with E-state index in [0.29, 0.717) is 24.9 Å². The molecule has 1 heterocycles. The smallest absolute Gasteiger partial charge is 0.181 e. The Bertz CT molecular complexity index is 408. The first kappa shape index (κ1) is 13.1. The minimum atomic E-state index is -0.868. The summed E-state index contributed by atoms with van der Waals surface area (Å²) in [5.41, 5.74) is 0.778. The van der Waals surface area contributed by atoms with Gasteiger partial charge in [0.15, 0.2) is 12.6 Å². The Hall–Kier alpha value is -0.940. The summed E-state index contributed by atoms with van der Waals surface area (Å²) in [7, 11) is 0. The van der Waals surface area contributed by atoms with Crippen LogP contribution in [0.4, 0.5) is 0 Å². The van der Waals surface area contributed by atoms with Gasteiger partial charge in [0.1, 0.15) is 0 Å². The fourth-order valence-corrected chi connectivity index (χ4v) is 3.25. The summed E-state index contributed by atoms with van der Waals surface area (Å²) in [6.45, 7) is 0.521. The molecular weight excluding hydrogens is 244 g/mol. The van der Waals surface area contributed by atoms with Crippen molar-refractivity contribution in [1.29, 1.82) is 0 Å². The van der Waals surface area contributed by atoms with Gasteiger partial charge in [0.05, 0.1) is 12.7 Å². The van der Waals surface area contributed by atoms with Gasteiger partial charge in [0.2, 0.25) is 0 Å². The summed E-state index contributed by atoms with van der Waals surface area (Å²) in [6, 6.07) is 9.38. The highest BCUT2D eigenvalue weighted by Crippen LogP contribution is 2.42. The molecule has 2 fully saturated rings. The van der Waals surface area contributed by atoms with Gasteiger partial charge in [0, 0.05) is 12.0 Å². The van der Waals surface area contributed by atoms with E-state index in [2.05, 4.69) is 0 Å². The van der Waals surface area contributed by atoms with Crippen LogP contribution in [0.5, 0.6) is 0 Å². The fraction of sp³-hybridized carbons (Fsp3) is 0.600. The lowest BCUT2D eigenvalue weighted by atomic mass is 9.94. The highest BCUT2D eigenvalue weighted by atomic mass is 16.6. The summed E-state index contributed by atoms with van der Waals surface area (Å²) in [5, 5.41) is 19.5. The van der Waals surface area contributed by atoms with Crippen LogP contribution in [-0.2, 0) is 9.47 Å². The Morgan fingerprint density at radius 2 is 2.05 bits per heavy atom. The average molecular weight is 264 g/mol. The first-order valence-corrected chi connectivity index (χ1v) is 6.92. The molecule has 4 heteroatoms. The third kappa shape index (κ3) is 2.82. The molecule has 5 atom stereocenters. The zero-order valence-electron chi connectivity index (χ0n) is 10.8. The van der Waals surface area contributed by atoms with Crippen LogP contribution in [0.1, 0.15) is 31.1 Å². The van der Waals surface area contributed by atoms with E-state index in [1.54, 1.807) is 0 Å².